The Balaban J connectivity index is 1.82. The number of aromatic amines is 1. The lowest BCUT2D eigenvalue weighted by Gasteiger charge is -2.25. The summed E-state index contributed by atoms with van der Waals surface area (Å²) in [6.45, 7) is 1.46. The number of hydrogen-bond acceptors (Lipinski definition) is 11. The first-order valence-electron chi connectivity index (χ1n) is 11.3. The van der Waals surface area contributed by atoms with E-state index in [0.29, 0.717) is 5.56 Å². The Morgan fingerprint density at radius 2 is 2.02 bits per heavy atom. The van der Waals surface area contributed by atoms with E-state index in [1.165, 1.54) is 25.3 Å². The molecular weight excluding hydrogens is 594 g/mol. The average Bonchev–Trinajstić information content (AvgIpc) is 3.35. The van der Waals surface area contributed by atoms with Gasteiger partial charge < -0.3 is 9.64 Å². The molecule has 3 aromatic rings. The molecule has 2 heterocycles. The van der Waals surface area contributed by atoms with E-state index >= 15 is 0 Å². The number of carbonyl (C=O) groups is 2. The molecule has 19 heteroatoms. The predicted octanol–water partition coefficient (Wildman–Crippen LogP) is 0.960. The van der Waals surface area contributed by atoms with Crippen molar-refractivity contribution in [1.82, 2.24) is 24.6 Å². The third-order valence-corrected chi connectivity index (χ3v) is 7.40. The summed E-state index contributed by atoms with van der Waals surface area (Å²) in [7, 11) is 0. The van der Waals surface area contributed by atoms with Crippen LogP contribution in [0.1, 0.15) is 12.5 Å². The van der Waals surface area contributed by atoms with Crippen LogP contribution in [0.25, 0.3) is 10.6 Å². The predicted molar refractivity (Wildman–Crippen MR) is 144 cm³/mol. The van der Waals surface area contributed by atoms with Crippen LogP contribution >= 0.6 is 22.9 Å². The van der Waals surface area contributed by atoms with Crippen LogP contribution in [0, 0.1) is 17.0 Å². The molecule has 40 heavy (non-hydrogen) atoms. The summed E-state index contributed by atoms with van der Waals surface area (Å²) in [5.74, 6) is -1.45. The van der Waals surface area contributed by atoms with Gasteiger partial charge in [0.1, 0.15) is 13.1 Å². The molecule has 0 bridgehead atoms. The number of carbonyl (C=O) groups excluding carboxylic acids is 2. The van der Waals surface area contributed by atoms with Crippen LogP contribution in [0.2, 0.25) is 5.02 Å². The molecule has 16 nitrogen and oxygen atoms in total. The Morgan fingerprint density at radius 1 is 1.30 bits per heavy atom. The highest BCUT2D eigenvalue weighted by atomic mass is 35.5. The Labute approximate surface area is 236 Å². The van der Waals surface area contributed by atoms with Crippen molar-refractivity contribution in [2.45, 2.75) is 20.4 Å². The van der Waals surface area contributed by atoms with Crippen molar-refractivity contribution in [2.24, 2.45) is 0 Å². The molecule has 3 rings (SSSR count). The summed E-state index contributed by atoms with van der Waals surface area (Å²) in [6, 6.07) is 3.72. The molecule has 0 fully saturated rings. The number of aryl methyl sites for hydroxylation is 1. The number of ether oxygens (including phenoxy) is 1. The number of nitrogens with one attached hydrogen (secondary N) is 1. The summed E-state index contributed by atoms with van der Waals surface area (Å²) < 4.78 is 28.8. The Hall–Kier alpha value is -4.00. The van der Waals surface area contributed by atoms with Crippen LogP contribution in [0.3, 0.4) is 0 Å². The van der Waals surface area contributed by atoms with Crippen molar-refractivity contribution in [3.05, 3.63) is 65.9 Å². The Kier molecular flexibility index (Phi) is 10.2. The van der Waals surface area contributed by atoms with Gasteiger partial charge in [0.2, 0.25) is 11.0 Å². The fourth-order valence-corrected chi connectivity index (χ4v) is 5.15. The van der Waals surface area contributed by atoms with E-state index in [1.807, 2.05) is 0 Å². The maximum atomic E-state index is 13.0. The van der Waals surface area contributed by atoms with Crippen LogP contribution in [-0.2, 0) is 32.1 Å². The maximum Gasteiger partial charge on any atom is 0.328 e. The van der Waals surface area contributed by atoms with Crippen LogP contribution in [0.4, 0.5) is 10.8 Å². The van der Waals surface area contributed by atoms with Gasteiger partial charge in [-0.05, 0) is 19.9 Å². The lowest BCUT2D eigenvalue weighted by molar-refractivity contribution is -0.384. The number of nitrogens with zero attached hydrogens (tertiary/aromatic N) is 6. The van der Waals surface area contributed by atoms with E-state index in [0.717, 1.165) is 31.2 Å². The zero-order valence-corrected chi connectivity index (χ0v) is 23.3. The molecule has 214 valence electrons. The first-order chi connectivity index (χ1) is 18.9. The monoisotopic (exact) mass is 615 g/mol. The second-order valence-corrected chi connectivity index (χ2v) is 10.2. The fourth-order valence-electron chi connectivity index (χ4n) is 3.30. The number of hydrogen-bond donors (Lipinski definition) is 2. The van der Waals surface area contributed by atoms with Crippen molar-refractivity contribution >= 4 is 56.9 Å². The van der Waals surface area contributed by atoms with Gasteiger partial charge in [0.15, 0.2) is 5.01 Å². The number of benzene rings is 1. The van der Waals surface area contributed by atoms with Gasteiger partial charge in [-0.25, -0.2) is 13.3 Å². The average molecular weight is 616 g/mol. The molecule has 1 amide bonds. The van der Waals surface area contributed by atoms with Crippen LogP contribution in [-0.4, -0.2) is 76.5 Å². The topological polar surface area (TPSA) is 211 Å². The molecule has 0 spiro atoms. The van der Waals surface area contributed by atoms with Gasteiger partial charge in [0.25, 0.3) is 22.5 Å². The highest BCUT2D eigenvalue weighted by molar-refractivity contribution is 7.81. The number of non-ortho nitro benzene ring substituents is 1. The molecule has 1 unspecified atom stereocenters. The molecule has 2 aromatic heterocycles. The second-order valence-electron chi connectivity index (χ2n) is 7.96. The number of anilines is 1. The highest BCUT2D eigenvalue weighted by Crippen LogP contribution is 2.35. The Morgan fingerprint density at radius 3 is 2.65 bits per heavy atom. The smallest absolute Gasteiger partial charge is 0.328 e. The number of nitro groups is 1. The first-order valence-corrected chi connectivity index (χ1v) is 13.6. The lowest BCUT2D eigenvalue weighted by atomic mass is 10.2. The van der Waals surface area contributed by atoms with E-state index in [9.17, 15) is 38.1 Å². The van der Waals surface area contributed by atoms with Gasteiger partial charge in [-0.1, -0.05) is 22.9 Å². The minimum atomic E-state index is -2.64. The van der Waals surface area contributed by atoms with Crippen molar-refractivity contribution in [3.8, 4) is 10.6 Å². The molecule has 0 aliphatic carbocycles. The van der Waals surface area contributed by atoms with Gasteiger partial charge in [0.05, 0.1) is 23.1 Å². The highest BCUT2D eigenvalue weighted by Gasteiger charge is 2.24. The summed E-state index contributed by atoms with van der Waals surface area (Å²) in [6.07, 6.45) is 1.20. The Bertz CT molecular complexity index is 1570. The third kappa shape index (κ3) is 7.56. The number of amides is 1. The van der Waals surface area contributed by atoms with Crippen LogP contribution in [0.15, 0.2) is 34.0 Å². The molecular formula is C21H22ClN7O9S2. The molecule has 0 saturated carbocycles. The summed E-state index contributed by atoms with van der Waals surface area (Å²) >= 11 is 4.37. The van der Waals surface area contributed by atoms with E-state index in [-0.39, 0.29) is 46.1 Å². The minimum absolute atomic E-state index is 0.0208. The van der Waals surface area contributed by atoms with Crippen molar-refractivity contribution in [3.63, 3.8) is 0 Å². The summed E-state index contributed by atoms with van der Waals surface area (Å²) in [5.41, 5.74) is -1.18. The van der Waals surface area contributed by atoms with Crippen molar-refractivity contribution in [1.29, 1.82) is 0 Å². The molecule has 0 radical (unpaired) electrons. The van der Waals surface area contributed by atoms with Gasteiger partial charge in [-0.3, -0.25) is 38.6 Å². The van der Waals surface area contributed by atoms with E-state index in [1.54, 1.807) is 6.92 Å². The molecule has 0 saturated heterocycles. The summed E-state index contributed by atoms with van der Waals surface area (Å²) in [4.78, 5) is 62.4. The lowest BCUT2D eigenvalue weighted by Crippen LogP contribution is -2.45. The van der Waals surface area contributed by atoms with Gasteiger partial charge in [0, 0.05) is 36.0 Å². The molecule has 2 N–H and O–H groups in total. The quantitative estimate of drug-likeness (QED) is 0.127. The van der Waals surface area contributed by atoms with E-state index < -0.39 is 52.4 Å². The molecule has 1 atom stereocenters. The number of H-pyrrole nitrogens is 1. The van der Waals surface area contributed by atoms with Gasteiger partial charge in [-0.15, -0.1) is 10.2 Å². The zero-order valence-electron chi connectivity index (χ0n) is 20.9. The number of halogens is 1. The van der Waals surface area contributed by atoms with Crippen LogP contribution in [0.5, 0.6) is 0 Å². The van der Waals surface area contributed by atoms with Crippen molar-refractivity contribution in [2.75, 3.05) is 30.5 Å². The van der Waals surface area contributed by atoms with Gasteiger partial charge >= 0.3 is 11.7 Å². The molecule has 0 aliphatic heterocycles. The first kappa shape index (κ1) is 30.5. The minimum Gasteiger partial charge on any atom is -0.465 e. The SMILES string of the molecule is CCOC(=O)CN(CCN(c1nnc(-c2ccc([N+](=O)[O-])cc2Cl)s1)S(=O)O)C(=O)Cn1cc(C)c(=O)[nH]c1=O. The normalized spacial score (nSPS) is 11.6. The standard InChI is InChI=1S/C21H22ClN7O9S2/c1-3-38-17(31)11-26(16(30)10-27-9-12(2)18(32)23-20(27)33)6-7-28(40(36)37)21-25-24-19(39-21)14-5-4-13(29(34)35)8-15(14)22/h4-5,8-9H,3,6-7,10-11H2,1-2H3,(H,36,37)(H,23,32,33). The van der Waals surface area contributed by atoms with E-state index in [2.05, 4.69) is 15.2 Å². The number of rotatable bonds is 12. The van der Waals surface area contributed by atoms with E-state index in [4.69, 9.17) is 16.3 Å². The molecule has 1 aromatic carbocycles. The van der Waals surface area contributed by atoms with Gasteiger partial charge in [-0.2, -0.15) is 0 Å². The second kappa shape index (κ2) is 13.4. The zero-order chi connectivity index (χ0) is 29.6. The maximum absolute atomic E-state index is 13.0. The fraction of sp³-hybridized carbons (Fsp3) is 0.333. The number of aromatic nitrogens is 4. The largest absolute Gasteiger partial charge is 0.465 e. The van der Waals surface area contributed by atoms with Crippen molar-refractivity contribution < 1.29 is 28.0 Å². The number of esters is 1. The third-order valence-electron chi connectivity index (χ3n) is 5.26. The molecule has 0 aliphatic rings. The summed E-state index contributed by atoms with van der Waals surface area (Å²) in [5, 5.41) is 19.0. The van der Waals surface area contributed by atoms with Crippen LogP contribution < -0.4 is 15.6 Å². The number of nitro benzene ring substituents is 1.